The van der Waals surface area contributed by atoms with Gasteiger partial charge in [0.2, 0.25) is 0 Å². The fourth-order valence-electron chi connectivity index (χ4n) is 1.98. The quantitative estimate of drug-likeness (QED) is 0.378. The number of anilines is 1. The number of benzene rings is 1. The van der Waals surface area contributed by atoms with Crippen molar-refractivity contribution < 1.29 is 27.7 Å². The van der Waals surface area contributed by atoms with Crippen LogP contribution in [-0.2, 0) is 24.3 Å². The summed E-state index contributed by atoms with van der Waals surface area (Å²) in [7, 11) is -3.81. The maximum atomic E-state index is 11.9. The number of nitro groups is 1. The highest BCUT2D eigenvalue weighted by Crippen LogP contribution is 2.24. The number of carbonyl (C=O) groups excluding carboxylic acids is 2. The molecule has 0 saturated carbocycles. The van der Waals surface area contributed by atoms with Crippen LogP contribution in [0.2, 0.25) is 0 Å². The van der Waals surface area contributed by atoms with Crippen molar-refractivity contribution in [1.29, 1.82) is 0 Å². The van der Waals surface area contributed by atoms with E-state index in [1.165, 1.54) is 31.2 Å². The van der Waals surface area contributed by atoms with Crippen molar-refractivity contribution in [3.8, 4) is 0 Å². The van der Waals surface area contributed by atoms with E-state index in [0.29, 0.717) is 0 Å². The molecule has 2 rings (SSSR count). The number of nitro benzene ring substituents is 1. The third kappa shape index (κ3) is 5.57. The maximum Gasteiger partial charge on any atom is 0.321 e. The van der Waals surface area contributed by atoms with E-state index in [0.717, 1.165) is 11.3 Å². The van der Waals surface area contributed by atoms with Crippen LogP contribution in [-0.4, -0.2) is 38.4 Å². The number of carbonyl (C=O) groups is 2. The summed E-state index contributed by atoms with van der Waals surface area (Å²) in [5.41, 5.74) is 0.308. The summed E-state index contributed by atoms with van der Waals surface area (Å²) < 4.78 is 30.5. The summed E-state index contributed by atoms with van der Waals surface area (Å²) in [5.74, 6) is -1.66. The first-order chi connectivity index (χ1) is 12.7. The number of hydrogen-bond acceptors (Lipinski definition) is 8. The normalized spacial score (nSPS) is 11.0. The Kier molecular flexibility index (Phi) is 6.60. The SMILES string of the molecule is Cc1c(NC(=O)COC(=O)CNS(=O)(=O)c2cccs2)cccc1[N+](=O)[O-]. The van der Waals surface area contributed by atoms with Gasteiger partial charge >= 0.3 is 5.97 Å². The molecule has 2 N–H and O–H groups in total. The van der Waals surface area contributed by atoms with Crippen molar-refractivity contribution in [3.05, 3.63) is 51.4 Å². The van der Waals surface area contributed by atoms with Crippen LogP contribution in [0.1, 0.15) is 5.56 Å². The van der Waals surface area contributed by atoms with Crippen molar-refractivity contribution in [2.24, 2.45) is 0 Å². The second-order valence-electron chi connectivity index (χ2n) is 5.17. The Balaban J connectivity index is 1.84. The van der Waals surface area contributed by atoms with Crippen molar-refractivity contribution >= 4 is 44.6 Å². The highest BCUT2D eigenvalue weighted by Gasteiger charge is 2.18. The minimum atomic E-state index is -3.81. The average molecular weight is 413 g/mol. The Labute approximate surface area is 158 Å². The molecule has 0 saturated heterocycles. The predicted molar refractivity (Wildman–Crippen MR) is 96.9 cm³/mol. The Morgan fingerprint density at radius 3 is 2.63 bits per heavy atom. The second-order valence-corrected chi connectivity index (χ2v) is 8.11. The number of amides is 1. The lowest BCUT2D eigenvalue weighted by Crippen LogP contribution is -2.32. The summed E-state index contributed by atoms with van der Waals surface area (Å²) in [4.78, 5) is 33.8. The lowest BCUT2D eigenvalue weighted by atomic mass is 10.1. The van der Waals surface area contributed by atoms with E-state index >= 15 is 0 Å². The highest BCUT2D eigenvalue weighted by atomic mass is 32.2. The molecular weight excluding hydrogens is 398 g/mol. The van der Waals surface area contributed by atoms with Crippen LogP contribution in [0.25, 0.3) is 0 Å². The van der Waals surface area contributed by atoms with E-state index in [2.05, 4.69) is 10.0 Å². The van der Waals surface area contributed by atoms with Crippen molar-refractivity contribution in [1.82, 2.24) is 4.72 Å². The summed E-state index contributed by atoms with van der Waals surface area (Å²) in [5, 5.41) is 14.9. The van der Waals surface area contributed by atoms with Gasteiger partial charge in [-0.15, -0.1) is 11.3 Å². The monoisotopic (exact) mass is 413 g/mol. The molecule has 0 fully saturated rings. The molecule has 10 nitrogen and oxygen atoms in total. The Morgan fingerprint density at radius 2 is 2.00 bits per heavy atom. The van der Waals surface area contributed by atoms with Crippen molar-refractivity contribution in [2.45, 2.75) is 11.1 Å². The fraction of sp³-hybridized carbons (Fsp3) is 0.200. The molecule has 1 amide bonds. The van der Waals surface area contributed by atoms with Gasteiger partial charge in [0, 0.05) is 6.07 Å². The van der Waals surface area contributed by atoms with Gasteiger partial charge in [0.25, 0.3) is 21.6 Å². The van der Waals surface area contributed by atoms with E-state index < -0.39 is 40.0 Å². The maximum absolute atomic E-state index is 11.9. The number of sulfonamides is 1. The van der Waals surface area contributed by atoms with Crippen LogP contribution in [0.3, 0.4) is 0 Å². The highest BCUT2D eigenvalue weighted by molar-refractivity contribution is 7.91. The standard InChI is InChI=1S/C15H15N3O7S2/c1-10-11(4-2-5-12(10)18(21)22)17-13(19)9-25-14(20)8-16-27(23,24)15-6-3-7-26-15/h2-7,16H,8-9H2,1H3,(H,17,19). The molecule has 0 aliphatic rings. The number of hydrogen-bond donors (Lipinski definition) is 2. The van der Waals surface area contributed by atoms with Gasteiger partial charge in [-0.1, -0.05) is 12.1 Å². The Hall–Kier alpha value is -2.83. The summed E-state index contributed by atoms with van der Waals surface area (Å²) >= 11 is 0.991. The van der Waals surface area contributed by atoms with Gasteiger partial charge in [-0.2, -0.15) is 4.72 Å². The van der Waals surface area contributed by atoms with Crippen molar-refractivity contribution in [2.75, 3.05) is 18.5 Å². The van der Waals surface area contributed by atoms with E-state index in [9.17, 15) is 28.1 Å². The van der Waals surface area contributed by atoms with Gasteiger partial charge in [0.05, 0.1) is 16.2 Å². The summed E-state index contributed by atoms with van der Waals surface area (Å²) in [6.07, 6.45) is 0. The molecule has 1 aromatic heterocycles. The van der Waals surface area contributed by atoms with Crippen LogP contribution in [0.15, 0.2) is 39.9 Å². The largest absolute Gasteiger partial charge is 0.455 e. The molecule has 27 heavy (non-hydrogen) atoms. The number of nitrogens with zero attached hydrogens (tertiary/aromatic N) is 1. The number of rotatable bonds is 8. The van der Waals surface area contributed by atoms with Crippen LogP contribution < -0.4 is 10.0 Å². The first-order valence-corrected chi connectivity index (χ1v) is 9.79. The molecule has 0 radical (unpaired) electrons. The Bertz CT molecular complexity index is 956. The third-order valence-electron chi connectivity index (χ3n) is 3.31. The van der Waals surface area contributed by atoms with Crippen LogP contribution in [0.4, 0.5) is 11.4 Å². The number of thiophene rings is 1. The second kappa shape index (κ2) is 8.70. The molecular formula is C15H15N3O7S2. The zero-order valence-corrected chi connectivity index (χ0v) is 15.6. The van der Waals surface area contributed by atoms with Crippen LogP contribution >= 0.6 is 11.3 Å². The molecule has 0 bridgehead atoms. The lowest BCUT2D eigenvalue weighted by molar-refractivity contribution is -0.385. The molecule has 0 unspecified atom stereocenters. The molecule has 12 heteroatoms. The zero-order valence-electron chi connectivity index (χ0n) is 14.0. The smallest absolute Gasteiger partial charge is 0.321 e. The fourth-order valence-corrected chi connectivity index (χ4v) is 3.99. The predicted octanol–water partition coefficient (Wildman–Crippen LogP) is 1.42. The number of ether oxygens (including phenoxy) is 1. The first kappa shape index (κ1) is 20.5. The van der Waals surface area contributed by atoms with Crippen LogP contribution in [0.5, 0.6) is 0 Å². The average Bonchev–Trinajstić information content (AvgIpc) is 3.15. The zero-order chi connectivity index (χ0) is 20.0. The van der Waals surface area contributed by atoms with Crippen LogP contribution in [0, 0.1) is 17.0 Å². The first-order valence-electron chi connectivity index (χ1n) is 7.43. The van der Waals surface area contributed by atoms with Crippen molar-refractivity contribution in [3.63, 3.8) is 0 Å². The molecule has 2 aromatic rings. The van der Waals surface area contributed by atoms with Gasteiger partial charge < -0.3 is 10.1 Å². The van der Waals surface area contributed by atoms with Gasteiger partial charge in [-0.3, -0.25) is 19.7 Å². The van der Waals surface area contributed by atoms with Gasteiger partial charge in [0.15, 0.2) is 6.61 Å². The van der Waals surface area contributed by atoms with Gasteiger partial charge in [-0.05, 0) is 24.4 Å². The third-order valence-corrected chi connectivity index (χ3v) is 6.11. The van der Waals surface area contributed by atoms with Gasteiger partial charge in [0.1, 0.15) is 10.8 Å². The van der Waals surface area contributed by atoms with Gasteiger partial charge in [-0.25, -0.2) is 8.42 Å². The minimum Gasteiger partial charge on any atom is -0.455 e. The molecule has 1 aromatic carbocycles. The molecule has 0 spiro atoms. The summed E-state index contributed by atoms with van der Waals surface area (Å²) in [6, 6.07) is 7.11. The lowest BCUT2D eigenvalue weighted by Gasteiger charge is -2.09. The molecule has 0 aliphatic carbocycles. The summed E-state index contributed by atoms with van der Waals surface area (Å²) in [6.45, 7) is 0.171. The Morgan fingerprint density at radius 1 is 1.26 bits per heavy atom. The molecule has 0 atom stereocenters. The van der Waals surface area contributed by atoms with E-state index in [1.807, 2.05) is 0 Å². The van der Waals surface area contributed by atoms with E-state index in [-0.39, 0.29) is 21.1 Å². The number of esters is 1. The van der Waals surface area contributed by atoms with E-state index in [1.54, 1.807) is 11.4 Å². The van der Waals surface area contributed by atoms with E-state index in [4.69, 9.17) is 4.74 Å². The molecule has 1 heterocycles. The molecule has 0 aliphatic heterocycles. The topological polar surface area (TPSA) is 145 Å². The minimum absolute atomic E-state index is 0.0502. The number of nitrogens with one attached hydrogen (secondary N) is 2. The molecule has 144 valence electrons.